The third kappa shape index (κ3) is 5.88. The highest BCUT2D eigenvalue weighted by Crippen LogP contribution is 2.30. The number of aryl methyl sites for hydroxylation is 1. The first-order valence-corrected chi connectivity index (χ1v) is 9.49. The second-order valence-electron chi connectivity index (χ2n) is 6.38. The van der Waals surface area contributed by atoms with Crippen molar-refractivity contribution in [2.75, 3.05) is 25.6 Å². The van der Waals surface area contributed by atoms with Gasteiger partial charge in [-0.1, -0.05) is 13.8 Å². The number of carbonyl (C=O) groups excluding carboxylic acids is 1. The zero-order valence-corrected chi connectivity index (χ0v) is 16.7. The molecule has 4 heteroatoms. The van der Waals surface area contributed by atoms with Gasteiger partial charge in [-0.2, -0.15) is 0 Å². The van der Waals surface area contributed by atoms with E-state index in [9.17, 15) is 4.79 Å². The van der Waals surface area contributed by atoms with E-state index in [1.165, 1.54) is 0 Å². The van der Waals surface area contributed by atoms with Crippen molar-refractivity contribution in [2.45, 2.75) is 33.6 Å². The van der Waals surface area contributed by atoms with Gasteiger partial charge in [0.25, 0.3) is 0 Å². The molecule has 0 aliphatic heterocycles. The van der Waals surface area contributed by atoms with Crippen LogP contribution in [-0.2, 0) is 0 Å². The van der Waals surface area contributed by atoms with Crippen molar-refractivity contribution in [3.63, 3.8) is 0 Å². The van der Waals surface area contributed by atoms with Crippen molar-refractivity contribution >= 4 is 17.5 Å². The summed E-state index contributed by atoms with van der Waals surface area (Å²) in [6.07, 6.45) is 5.27. The molecule has 0 bridgehead atoms. The molecule has 0 unspecified atom stereocenters. The van der Waals surface area contributed by atoms with Crippen molar-refractivity contribution in [1.82, 2.24) is 0 Å². The Morgan fingerprint density at radius 2 is 1.63 bits per heavy atom. The summed E-state index contributed by atoms with van der Waals surface area (Å²) in [4.78, 5) is 12.5. The third-order valence-electron chi connectivity index (χ3n) is 4.10. The van der Waals surface area contributed by atoms with Crippen molar-refractivity contribution in [3.05, 3.63) is 59.2 Å². The molecule has 0 atom stereocenters. The lowest BCUT2D eigenvalue weighted by molar-refractivity contribution is 0.104. The van der Waals surface area contributed by atoms with Gasteiger partial charge < -0.3 is 14.8 Å². The van der Waals surface area contributed by atoms with Gasteiger partial charge in [-0.15, -0.1) is 0 Å². The monoisotopic (exact) mass is 367 g/mol. The largest absolute Gasteiger partial charge is 0.493 e. The van der Waals surface area contributed by atoms with Crippen molar-refractivity contribution in [3.8, 4) is 11.5 Å². The predicted molar refractivity (Wildman–Crippen MR) is 112 cm³/mol. The fourth-order valence-electron chi connectivity index (χ4n) is 2.59. The summed E-state index contributed by atoms with van der Waals surface area (Å²) < 4.78 is 11.7. The van der Waals surface area contributed by atoms with Crippen LogP contribution < -0.4 is 14.8 Å². The van der Waals surface area contributed by atoms with Crippen LogP contribution in [0.5, 0.6) is 11.5 Å². The van der Waals surface area contributed by atoms with E-state index in [2.05, 4.69) is 19.2 Å². The van der Waals surface area contributed by atoms with E-state index in [4.69, 9.17) is 9.47 Å². The maximum atomic E-state index is 12.5. The van der Waals surface area contributed by atoms with Crippen molar-refractivity contribution < 1.29 is 14.3 Å². The minimum Gasteiger partial charge on any atom is -0.493 e. The SMILES string of the molecule is CCCOc1cc(OCCC)c(/C=C/C(=O)c2ccc(NC)cc2)cc1C. The van der Waals surface area contributed by atoms with Crippen LogP contribution in [0.15, 0.2) is 42.5 Å². The molecule has 0 saturated heterocycles. The Morgan fingerprint density at radius 1 is 1.00 bits per heavy atom. The number of hydrogen-bond donors (Lipinski definition) is 1. The van der Waals surface area contributed by atoms with Crippen LogP contribution in [0.2, 0.25) is 0 Å². The van der Waals surface area contributed by atoms with Gasteiger partial charge in [0.1, 0.15) is 11.5 Å². The average molecular weight is 367 g/mol. The molecule has 0 spiro atoms. The third-order valence-corrected chi connectivity index (χ3v) is 4.10. The number of rotatable bonds is 10. The molecule has 0 aliphatic carbocycles. The number of anilines is 1. The maximum absolute atomic E-state index is 12.5. The molecule has 0 radical (unpaired) electrons. The van der Waals surface area contributed by atoms with Gasteiger partial charge in [-0.05, 0) is 67.8 Å². The van der Waals surface area contributed by atoms with E-state index in [0.717, 1.165) is 41.2 Å². The lowest BCUT2D eigenvalue weighted by atomic mass is 10.1. The first-order chi connectivity index (χ1) is 13.1. The van der Waals surface area contributed by atoms with Crippen LogP contribution in [0.3, 0.4) is 0 Å². The Morgan fingerprint density at radius 3 is 2.22 bits per heavy atom. The smallest absolute Gasteiger partial charge is 0.185 e. The first kappa shape index (κ1) is 20.6. The molecular weight excluding hydrogens is 338 g/mol. The van der Waals surface area contributed by atoms with Gasteiger partial charge in [0.05, 0.1) is 13.2 Å². The number of hydrogen-bond acceptors (Lipinski definition) is 4. The van der Waals surface area contributed by atoms with Crippen LogP contribution in [0.25, 0.3) is 6.08 Å². The number of nitrogens with one attached hydrogen (secondary N) is 1. The highest BCUT2D eigenvalue weighted by molar-refractivity contribution is 6.07. The minimum absolute atomic E-state index is 0.0388. The molecule has 0 aromatic heterocycles. The Kier molecular flexibility index (Phi) is 7.93. The zero-order chi connectivity index (χ0) is 19.6. The lowest BCUT2D eigenvalue weighted by Gasteiger charge is -2.14. The van der Waals surface area contributed by atoms with E-state index in [-0.39, 0.29) is 5.78 Å². The quantitative estimate of drug-likeness (QED) is 0.444. The molecule has 2 aromatic rings. The standard InChI is InChI=1S/C23H29NO3/c1-5-13-26-22-16-23(27-14-6-2)19(15-17(22)3)9-12-21(25)18-7-10-20(24-4)11-8-18/h7-12,15-16,24H,5-6,13-14H2,1-4H3/b12-9+. The fourth-order valence-corrected chi connectivity index (χ4v) is 2.59. The van der Waals surface area contributed by atoms with Gasteiger partial charge in [-0.3, -0.25) is 4.79 Å². The molecule has 144 valence electrons. The van der Waals surface area contributed by atoms with Gasteiger partial charge >= 0.3 is 0 Å². The molecule has 4 nitrogen and oxygen atoms in total. The molecule has 0 saturated carbocycles. The molecule has 0 heterocycles. The number of benzene rings is 2. The molecule has 0 fully saturated rings. The molecule has 0 amide bonds. The highest BCUT2D eigenvalue weighted by atomic mass is 16.5. The highest BCUT2D eigenvalue weighted by Gasteiger charge is 2.09. The summed E-state index contributed by atoms with van der Waals surface area (Å²) in [6, 6.07) is 11.3. The number of ketones is 1. The van der Waals surface area contributed by atoms with E-state index >= 15 is 0 Å². The summed E-state index contributed by atoms with van der Waals surface area (Å²) >= 11 is 0. The summed E-state index contributed by atoms with van der Waals surface area (Å²) in [5, 5.41) is 3.05. The predicted octanol–water partition coefficient (Wildman–Crippen LogP) is 5.51. The fraction of sp³-hybridized carbons (Fsp3) is 0.348. The van der Waals surface area contributed by atoms with Crippen LogP contribution in [0.1, 0.15) is 48.2 Å². The number of allylic oxidation sites excluding steroid dienone is 1. The topological polar surface area (TPSA) is 47.6 Å². The van der Waals surface area contributed by atoms with E-state index < -0.39 is 0 Å². The first-order valence-electron chi connectivity index (χ1n) is 9.49. The Bertz CT molecular complexity index is 779. The van der Waals surface area contributed by atoms with Gasteiger partial charge in [0.15, 0.2) is 5.78 Å². The molecule has 2 aromatic carbocycles. The zero-order valence-electron chi connectivity index (χ0n) is 16.7. The van der Waals surface area contributed by atoms with Crippen LogP contribution in [0.4, 0.5) is 5.69 Å². The Labute approximate surface area is 162 Å². The Hall–Kier alpha value is -2.75. The summed E-state index contributed by atoms with van der Waals surface area (Å²) in [7, 11) is 1.85. The van der Waals surface area contributed by atoms with Gasteiger partial charge in [0.2, 0.25) is 0 Å². The average Bonchev–Trinajstić information content (AvgIpc) is 2.70. The van der Waals surface area contributed by atoms with E-state index in [0.29, 0.717) is 18.8 Å². The summed E-state index contributed by atoms with van der Waals surface area (Å²) in [6.45, 7) is 7.44. The van der Waals surface area contributed by atoms with Crippen molar-refractivity contribution in [2.24, 2.45) is 0 Å². The molecule has 2 rings (SSSR count). The maximum Gasteiger partial charge on any atom is 0.185 e. The normalized spacial score (nSPS) is 10.8. The van der Waals surface area contributed by atoms with Crippen LogP contribution >= 0.6 is 0 Å². The van der Waals surface area contributed by atoms with Gasteiger partial charge in [0, 0.05) is 29.9 Å². The molecule has 1 N–H and O–H groups in total. The van der Waals surface area contributed by atoms with E-state index in [1.54, 1.807) is 6.08 Å². The summed E-state index contributed by atoms with van der Waals surface area (Å²) in [5.41, 5.74) is 3.53. The van der Waals surface area contributed by atoms with Gasteiger partial charge in [-0.25, -0.2) is 0 Å². The van der Waals surface area contributed by atoms with Crippen molar-refractivity contribution in [1.29, 1.82) is 0 Å². The molecule has 27 heavy (non-hydrogen) atoms. The molecular formula is C23H29NO3. The number of carbonyl (C=O) groups is 1. The Balaban J connectivity index is 2.24. The number of ether oxygens (including phenoxy) is 2. The second kappa shape index (κ2) is 10.4. The van der Waals surface area contributed by atoms with Crippen LogP contribution in [0, 0.1) is 6.92 Å². The second-order valence-corrected chi connectivity index (χ2v) is 6.38. The van der Waals surface area contributed by atoms with Crippen LogP contribution in [-0.4, -0.2) is 26.0 Å². The lowest BCUT2D eigenvalue weighted by Crippen LogP contribution is -2.02. The summed E-state index contributed by atoms with van der Waals surface area (Å²) in [5.74, 6) is 1.53. The minimum atomic E-state index is -0.0388. The molecule has 0 aliphatic rings. The van der Waals surface area contributed by atoms with E-state index in [1.807, 2.05) is 56.4 Å².